The number of anilines is 3. The van der Waals surface area contributed by atoms with Gasteiger partial charge in [-0.05, 0) is 74.0 Å². The van der Waals surface area contributed by atoms with Crippen molar-refractivity contribution in [1.29, 1.82) is 0 Å². The molecular formula is C33H29N3O4. The molecule has 200 valence electrons. The number of para-hydroxylation sites is 3. The first kappa shape index (κ1) is 26.4. The third-order valence-electron chi connectivity index (χ3n) is 6.30. The molecule has 1 heterocycles. The van der Waals surface area contributed by atoms with Crippen LogP contribution in [0.4, 0.5) is 22.7 Å². The van der Waals surface area contributed by atoms with Crippen molar-refractivity contribution in [3.8, 4) is 0 Å². The first-order valence-corrected chi connectivity index (χ1v) is 13.2. The average Bonchev–Trinajstić information content (AvgIpc) is 3.28. The summed E-state index contributed by atoms with van der Waals surface area (Å²) in [4.78, 5) is 33.7. The van der Waals surface area contributed by atoms with Gasteiger partial charge >= 0.3 is 12.0 Å². The molecule has 4 aromatic carbocycles. The highest BCUT2D eigenvalue weighted by Crippen LogP contribution is 2.34. The minimum absolute atomic E-state index is 0.117. The van der Waals surface area contributed by atoms with Crippen LogP contribution >= 0.6 is 0 Å². The number of carbonyl (C=O) groups is 2. The Bertz CT molecular complexity index is 1510. The van der Waals surface area contributed by atoms with Gasteiger partial charge in [-0.1, -0.05) is 60.7 Å². The van der Waals surface area contributed by atoms with Crippen molar-refractivity contribution < 1.29 is 19.1 Å². The summed E-state index contributed by atoms with van der Waals surface area (Å²) >= 11 is 0. The van der Waals surface area contributed by atoms with Crippen LogP contribution in [-0.4, -0.2) is 35.9 Å². The van der Waals surface area contributed by atoms with Crippen LogP contribution in [-0.2, 0) is 14.3 Å². The second-order valence-corrected chi connectivity index (χ2v) is 8.89. The maximum absolute atomic E-state index is 13.2. The molecule has 40 heavy (non-hydrogen) atoms. The number of benzene rings is 4. The standard InChI is InChI=1S/C33H29N3O4/c1-3-35-31(37)30(40-33(35)34-29-18-12-11-17-28(29)32(38)39-4-2)23-24-19-21-27(22-20-24)36(25-13-7-5-8-14-25)26-15-9-6-10-16-26/h5-23H,3-4H2,1-2H3/b30-23+,34-33?. The van der Waals surface area contributed by atoms with Gasteiger partial charge in [-0.15, -0.1) is 0 Å². The zero-order valence-electron chi connectivity index (χ0n) is 22.4. The molecule has 0 aromatic heterocycles. The van der Waals surface area contributed by atoms with E-state index < -0.39 is 5.97 Å². The van der Waals surface area contributed by atoms with E-state index in [1.165, 1.54) is 4.90 Å². The Kier molecular flexibility index (Phi) is 8.02. The van der Waals surface area contributed by atoms with Crippen LogP contribution in [0.2, 0.25) is 0 Å². The molecule has 0 bridgehead atoms. The molecule has 7 nitrogen and oxygen atoms in total. The van der Waals surface area contributed by atoms with Crippen LogP contribution in [0.25, 0.3) is 6.08 Å². The Morgan fingerprint density at radius 2 is 1.40 bits per heavy atom. The molecule has 1 fully saturated rings. The summed E-state index contributed by atoms with van der Waals surface area (Å²) in [5.41, 5.74) is 4.53. The monoisotopic (exact) mass is 531 g/mol. The lowest BCUT2D eigenvalue weighted by Gasteiger charge is -2.25. The van der Waals surface area contributed by atoms with Gasteiger partial charge in [0.05, 0.1) is 17.9 Å². The van der Waals surface area contributed by atoms with E-state index in [0.717, 1.165) is 22.6 Å². The third-order valence-corrected chi connectivity index (χ3v) is 6.30. The summed E-state index contributed by atoms with van der Waals surface area (Å²) in [6.45, 7) is 4.19. The molecule has 1 aliphatic rings. The minimum atomic E-state index is -0.481. The Balaban J connectivity index is 1.43. The van der Waals surface area contributed by atoms with Gasteiger partial charge in [-0.25, -0.2) is 4.79 Å². The number of amidine groups is 1. The lowest BCUT2D eigenvalue weighted by molar-refractivity contribution is -0.122. The Labute approximate surface area is 233 Å². The molecule has 0 aliphatic carbocycles. The second kappa shape index (κ2) is 12.1. The van der Waals surface area contributed by atoms with Crippen LogP contribution in [0.5, 0.6) is 0 Å². The zero-order chi connectivity index (χ0) is 27.9. The molecule has 0 spiro atoms. The molecule has 1 aliphatic heterocycles. The molecular weight excluding hydrogens is 502 g/mol. The van der Waals surface area contributed by atoms with Crippen molar-refractivity contribution in [2.24, 2.45) is 4.99 Å². The number of hydrogen-bond donors (Lipinski definition) is 0. The fraction of sp³-hybridized carbons (Fsp3) is 0.121. The van der Waals surface area contributed by atoms with Crippen LogP contribution in [0.1, 0.15) is 29.8 Å². The lowest BCUT2D eigenvalue weighted by atomic mass is 10.1. The molecule has 1 saturated heterocycles. The molecule has 4 aromatic rings. The van der Waals surface area contributed by atoms with Crippen molar-refractivity contribution in [2.75, 3.05) is 18.1 Å². The molecule has 0 unspecified atom stereocenters. The van der Waals surface area contributed by atoms with Crippen LogP contribution < -0.4 is 4.90 Å². The molecule has 1 amide bonds. The average molecular weight is 532 g/mol. The summed E-state index contributed by atoms with van der Waals surface area (Å²) in [7, 11) is 0. The maximum Gasteiger partial charge on any atom is 0.340 e. The summed E-state index contributed by atoms with van der Waals surface area (Å²) < 4.78 is 11.1. The van der Waals surface area contributed by atoms with E-state index in [1.807, 2.05) is 67.6 Å². The highest BCUT2D eigenvalue weighted by molar-refractivity contribution is 6.12. The quantitative estimate of drug-likeness (QED) is 0.177. The molecule has 7 heteroatoms. The van der Waals surface area contributed by atoms with E-state index in [4.69, 9.17) is 9.47 Å². The van der Waals surface area contributed by atoms with E-state index in [0.29, 0.717) is 17.8 Å². The van der Waals surface area contributed by atoms with E-state index in [1.54, 1.807) is 37.3 Å². The number of aliphatic imine (C=N–C) groups is 1. The van der Waals surface area contributed by atoms with Crippen molar-refractivity contribution in [1.82, 2.24) is 4.90 Å². The van der Waals surface area contributed by atoms with Gasteiger partial charge < -0.3 is 14.4 Å². The van der Waals surface area contributed by atoms with Crippen molar-refractivity contribution in [2.45, 2.75) is 13.8 Å². The van der Waals surface area contributed by atoms with Gasteiger partial charge in [-0.2, -0.15) is 4.99 Å². The summed E-state index contributed by atoms with van der Waals surface area (Å²) in [6.07, 6.45) is 1.70. The first-order valence-electron chi connectivity index (χ1n) is 13.2. The molecule has 0 saturated carbocycles. The number of amides is 1. The van der Waals surface area contributed by atoms with Crippen molar-refractivity contribution in [3.05, 3.63) is 126 Å². The highest BCUT2D eigenvalue weighted by Gasteiger charge is 2.34. The second-order valence-electron chi connectivity index (χ2n) is 8.89. The van der Waals surface area contributed by atoms with Gasteiger partial charge in [0.25, 0.3) is 5.91 Å². The Morgan fingerprint density at radius 3 is 2.00 bits per heavy atom. The summed E-state index contributed by atoms with van der Waals surface area (Å²) in [5.74, 6) is -0.621. The van der Waals surface area contributed by atoms with Gasteiger partial charge in [0.15, 0.2) is 5.76 Å². The van der Waals surface area contributed by atoms with Crippen LogP contribution in [0.15, 0.2) is 120 Å². The number of rotatable bonds is 8. The summed E-state index contributed by atoms with van der Waals surface area (Å²) in [6, 6.07) is 35.1. The van der Waals surface area contributed by atoms with Crippen LogP contribution in [0.3, 0.4) is 0 Å². The predicted octanol–water partition coefficient (Wildman–Crippen LogP) is 7.24. The van der Waals surface area contributed by atoms with Gasteiger partial charge in [0, 0.05) is 23.6 Å². The lowest BCUT2D eigenvalue weighted by Crippen LogP contribution is -2.29. The van der Waals surface area contributed by atoms with E-state index in [-0.39, 0.29) is 24.3 Å². The third kappa shape index (κ3) is 5.63. The Hall–Kier alpha value is -5.17. The molecule has 5 rings (SSSR count). The van der Waals surface area contributed by atoms with Crippen molar-refractivity contribution >= 4 is 46.7 Å². The number of likely N-dealkylation sites (N-methyl/N-ethyl adjacent to an activating group) is 1. The maximum atomic E-state index is 13.2. The Morgan fingerprint density at radius 1 is 0.825 bits per heavy atom. The fourth-order valence-corrected chi connectivity index (χ4v) is 4.40. The molecule has 0 atom stereocenters. The highest BCUT2D eigenvalue weighted by atomic mass is 16.5. The van der Waals surface area contributed by atoms with Gasteiger partial charge in [0.2, 0.25) is 0 Å². The van der Waals surface area contributed by atoms with E-state index >= 15 is 0 Å². The van der Waals surface area contributed by atoms with Crippen LogP contribution in [0, 0.1) is 0 Å². The number of ether oxygens (including phenoxy) is 2. The largest absolute Gasteiger partial charge is 0.462 e. The van der Waals surface area contributed by atoms with Gasteiger partial charge in [0.1, 0.15) is 0 Å². The number of esters is 1. The molecule has 0 radical (unpaired) electrons. The van der Waals surface area contributed by atoms with Gasteiger partial charge in [-0.3, -0.25) is 9.69 Å². The van der Waals surface area contributed by atoms with E-state index in [9.17, 15) is 9.59 Å². The number of nitrogens with zero attached hydrogens (tertiary/aromatic N) is 3. The topological polar surface area (TPSA) is 71.4 Å². The van der Waals surface area contributed by atoms with E-state index in [2.05, 4.69) is 34.2 Å². The van der Waals surface area contributed by atoms with Crippen molar-refractivity contribution in [3.63, 3.8) is 0 Å². The fourth-order valence-electron chi connectivity index (χ4n) is 4.40. The SMILES string of the molecule is CCOC(=O)c1ccccc1N=C1O/C(=C/c2ccc(N(c3ccccc3)c3ccccc3)cc2)C(=O)N1CC. The number of hydrogen-bond acceptors (Lipinski definition) is 6. The summed E-state index contributed by atoms with van der Waals surface area (Å²) in [5, 5.41) is 0. The normalized spacial score (nSPS) is 14.8. The smallest absolute Gasteiger partial charge is 0.340 e. The zero-order valence-corrected chi connectivity index (χ0v) is 22.4. The first-order chi connectivity index (χ1) is 19.6. The predicted molar refractivity (Wildman–Crippen MR) is 157 cm³/mol. The molecule has 0 N–H and O–H groups in total. The minimum Gasteiger partial charge on any atom is -0.462 e. The number of carbonyl (C=O) groups excluding carboxylic acids is 2.